The first-order chi connectivity index (χ1) is 19.0. The molecule has 9 nitrogen and oxygen atoms in total. The summed E-state index contributed by atoms with van der Waals surface area (Å²) >= 11 is 0. The van der Waals surface area contributed by atoms with Crippen LogP contribution >= 0.6 is 0 Å². The lowest BCUT2D eigenvalue weighted by atomic mass is 9.94. The summed E-state index contributed by atoms with van der Waals surface area (Å²) in [5.41, 5.74) is 4.15. The minimum atomic E-state index is -0.349. The number of aromatic amines is 1. The van der Waals surface area contributed by atoms with Gasteiger partial charge in [0.05, 0.1) is 24.5 Å². The molecule has 6 rings (SSSR count). The molecule has 0 saturated carbocycles. The summed E-state index contributed by atoms with van der Waals surface area (Å²) in [5.74, 6) is 1.21. The smallest absolute Gasteiger partial charge is 0.219 e. The third kappa shape index (κ3) is 5.72. The van der Waals surface area contributed by atoms with Gasteiger partial charge in [0.15, 0.2) is 5.82 Å². The summed E-state index contributed by atoms with van der Waals surface area (Å²) in [6.45, 7) is 8.46. The first kappa shape index (κ1) is 26.0. The lowest BCUT2D eigenvalue weighted by molar-refractivity contribution is -0.129. The van der Waals surface area contributed by atoms with Gasteiger partial charge in [-0.3, -0.25) is 14.6 Å². The van der Waals surface area contributed by atoms with Crippen LogP contribution in [-0.2, 0) is 17.8 Å². The predicted octanol–water partition coefficient (Wildman–Crippen LogP) is 4.09. The summed E-state index contributed by atoms with van der Waals surface area (Å²) < 4.78 is 17.4. The molecule has 1 aromatic carbocycles. The first-order valence-corrected chi connectivity index (χ1v) is 14.4. The van der Waals surface area contributed by atoms with Gasteiger partial charge in [0, 0.05) is 56.0 Å². The fourth-order valence-corrected chi connectivity index (χ4v) is 6.37. The molecule has 0 spiro atoms. The van der Waals surface area contributed by atoms with Gasteiger partial charge in [0.25, 0.3) is 0 Å². The number of rotatable bonds is 7. The summed E-state index contributed by atoms with van der Waals surface area (Å²) in [7, 11) is 0. The van der Waals surface area contributed by atoms with Gasteiger partial charge in [0.1, 0.15) is 5.82 Å². The molecule has 3 aliphatic rings. The van der Waals surface area contributed by atoms with Gasteiger partial charge >= 0.3 is 0 Å². The topological polar surface area (TPSA) is 94.1 Å². The van der Waals surface area contributed by atoms with Crippen molar-refractivity contribution in [2.45, 2.75) is 58.0 Å². The zero-order valence-corrected chi connectivity index (χ0v) is 22.8. The number of halogens is 1. The number of aromatic nitrogens is 4. The summed E-state index contributed by atoms with van der Waals surface area (Å²) in [6, 6.07) is 5.45. The van der Waals surface area contributed by atoms with E-state index in [1.807, 2.05) is 11.0 Å². The Morgan fingerprint density at radius 2 is 1.95 bits per heavy atom. The lowest BCUT2D eigenvalue weighted by Gasteiger charge is -2.35. The molecule has 3 aliphatic heterocycles. The Labute approximate surface area is 229 Å². The Morgan fingerprint density at radius 1 is 1.13 bits per heavy atom. The number of hydrogen-bond acceptors (Lipinski definition) is 6. The SMILES string of the molecule is CC(=O)N1CCc2c(c(Nc3ccc(-c4cn[nH]c4)cc3F)nn2C2CCN(CCC3CCNCC3)CC2)C1. The highest BCUT2D eigenvalue weighted by Gasteiger charge is 2.31. The number of piperidine rings is 2. The van der Waals surface area contributed by atoms with Gasteiger partial charge in [-0.2, -0.15) is 10.2 Å². The number of nitrogens with one attached hydrogen (secondary N) is 3. The highest BCUT2D eigenvalue weighted by atomic mass is 19.1. The van der Waals surface area contributed by atoms with Crippen molar-refractivity contribution in [1.29, 1.82) is 0 Å². The van der Waals surface area contributed by atoms with Gasteiger partial charge in [0.2, 0.25) is 5.91 Å². The average Bonchev–Trinajstić information content (AvgIpc) is 3.63. The van der Waals surface area contributed by atoms with Gasteiger partial charge in [-0.1, -0.05) is 6.07 Å². The monoisotopic (exact) mass is 534 g/mol. The summed E-state index contributed by atoms with van der Waals surface area (Å²) in [6.07, 6.45) is 10.2. The van der Waals surface area contributed by atoms with Crippen LogP contribution in [0.1, 0.15) is 56.3 Å². The van der Waals surface area contributed by atoms with Crippen LogP contribution in [0.3, 0.4) is 0 Å². The Balaban J connectivity index is 1.18. The molecule has 0 unspecified atom stereocenters. The van der Waals surface area contributed by atoms with Crippen molar-refractivity contribution in [3.8, 4) is 11.1 Å². The van der Waals surface area contributed by atoms with Crippen molar-refractivity contribution in [3.05, 3.63) is 47.7 Å². The van der Waals surface area contributed by atoms with Crippen LogP contribution in [0.15, 0.2) is 30.6 Å². The lowest BCUT2D eigenvalue weighted by Crippen LogP contribution is -2.38. The number of anilines is 2. The quantitative estimate of drug-likeness (QED) is 0.423. The van der Waals surface area contributed by atoms with Crippen LogP contribution in [-0.4, -0.2) is 75.0 Å². The minimum Gasteiger partial charge on any atom is -0.338 e. The highest BCUT2D eigenvalue weighted by Crippen LogP contribution is 2.35. The number of carbonyl (C=O) groups excluding carboxylic acids is 1. The summed E-state index contributed by atoms with van der Waals surface area (Å²) in [4.78, 5) is 16.7. The molecule has 3 aromatic rings. The Kier molecular flexibility index (Phi) is 7.65. The molecule has 3 N–H and O–H groups in total. The number of nitrogens with zero attached hydrogens (tertiary/aromatic N) is 5. The van der Waals surface area contributed by atoms with Gasteiger partial charge in [-0.05, 0) is 75.4 Å². The van der Waals surface area contributed by atoms with E-state index in [1.165, 1.54) is 37.6 Å². The Hall–Kier alpha value is -3.24. The van der Waals surface area contributed by atoms with Crippen molar-refractivity contribution in [3.63, 3.8) is 0 Å². The Bertz CT molecular complexity index is 1270. The predicted molar refractivity (Wildman–Crippen MR) is 149 cm³/mol. The second kappa shape index (κ2) is 11.5. The van der Waals surface area contributed by atoms with Crippen LogP contribution < -0.4 is 10.6 Å². The first-order valence-electron chi connectivity index (χ1n) is 14.4. The molecule has 0 aliphatic carbocycles. The fourth-order valence-electron chi connectivity index (χ4n) is 6.37. The zero-order valence-electron chi connectivity index (χ0n) is 22.8. The maximum atomic E-state index is 15.2. The number of H-pyrrole nitrogens is 1. The number of hydrogen-bond donors (Lipinski definition) is 3. The van der Waals surface area contributed by atoms with E-state index >= 15 is 4.39 Å². The van der Waals surface area contributed by atoms with Crippen LogP contribution in [0.2, 0.25) is 0 Å². The van der Waals surface area contributed by atoms with E-state index in [-0.39, 0.29) is 11.7 Å². The molecule has 208 valence electrons. The van der Waals surface area contributed by atoms with Crippen molar-refractivity contribution in [2.24, 2.45) is 5.92 Å². The van der Waals surface area contributed by atoms with Crippen LogP contribution in [0, 0.1) is 11.7 Å². The standard InChI is InChI=1S/C29H39FN8O/c1-20(39)37-15-9-28-25(19-37)29(34-27-3-2-22(16-26(27)30)23-17-32-33-18-23)35-38(28)24-7-13-36(14-8-24)12-6-21-4-10-31-11-5-21/h2-3,16-18,21,24,31H,4-15,19H2,1H3,(H,32,33)(H,34,35). The molecule has 2 aromatic heterocycles. The van der Waals surface area contributed by atoms with E-state index < -0.39 is 0 Å². The van der Waals surface area contributed by atoms with Crippen molar-refractivity contribution < 1.29 is 9.18 Å². The van der Waals surface area contributed by atoms with Crippen LogP contribution in [0.25, 0.3) is 11.1 Å². The maximum absolute atomic E-state index is 15.2. The molecule has 5 heterocycles. The van der Waals surface area contributed by atoms with Crippen molar-refractivity contribution in [2.75, 3.05) is 44.6 Å². The molecule has 2 fully saturated rings. The van der Waals surface area contributed by atoms with Crippen molar-refractivity contribution in [1.82, 2.24) is 35.1 Å². The zero-order chi connectivity index (χ0) is 26.8. The van der Waals surface area contributed by atoms with Gasteiger partial charge in [-0.15, -0.1) is 0 Å². The Morgan fingerprint density at radius 3 is 2.67 bits per heavy atom. The van der Waals surface area contributed by atoms with E-state index in [2.05, 4.69) is 30.4 Å². The van der Waals surface area contributed by atoms with Gasteiger partial charge in [-0.25, -0.2) is 4.39 Å². The maximum Gasteiger partial charge on any atom is 0.219 e. The largest absolute Gasteiger partial charge is 0.338 e. The number of likely N-dealkylation sites (tertiary alicyclic amines) is 1. The molecule has 0 bridgehead atoms. The molecule has 0 atom stereocenters. The second-order valence-electron chi connectivity index (χ2n) is 11.3. The van der Waals surface area contributed by atoms with E-state index in [0.717, 1.165) is 68.0 Å². The third-order valence-corrected chi connectivity index (χ3v) is 8.80. The number of benzene rings is 1. The van der Waals surface area contributed by atoms with E-state index in [9.17, 15) is 4.79 Å². The molecule has 0 radical (unpaired) electrons. The van der Waals surface area contributed by atoms with E-state index in [0.29, 0.717) is 30.6 Å². The van der Waals surface area contributed by atoms with Crippen molar-refractivity contribution >= 4 is 17.4 Å². The molecule has 10 heteroatoms. The highest BCUT2D eigenvalue weighted by molar-refractivity contribution is 5.74. The molecule has 2 saturated heterocycles. The molecule has 39 heavy (non-hydrogen) atoms. The number of fused-ring (bicyclic) bond motifs is 1. The van der Waals surface area contributed by atoms with E-state index in [4.69, 9.17) is 5.10 Å². The molecular formula is C29H39FN8O. The number of amides is 1. The van der Waals surface area contributed by atoms with Crippen LogP contribution in [0.5, 0.6) is 0 Å². The molecular weight excluding hydrogens is 495 g/mol. The average molecular weight is 535 g/mol. The van der Waals surface area contributed by atoms with E-state index in [1.54, 1.807) is 25.4 Å². The van der Waals surface area contributed by atoms with Gasteiger partial charge < -0.3 is 20.4 Å². The minimum absolute atomic E-state index is 0.0528. The number of carbonyl (C=O) groups is 1. The summed E-state index contributed by atoms with van der Waals surface area (Å²) in [5, 5.41) is 18.5. The molecule has 1 amide bonds. The second-order valence-corrected chi connectivity index (χ2v) is 11.3. The fraction of sp³-hybridized carbons (Fsp3) is 0.552. The normalized spacial score (nSPS) is 19.3. The third-order valence-electron chi connectivity index (χ3n) is 8.80. The van der Waals surface area contributed by atoms with Crippen LogP contribution in [0.4, 0.5) is 15.9 Å².